The maximum absolute atomic E-state index is 9.63. The first-order valence-corrected chi connectivity index (χ1v) is 6.69. The number of rotatable bonds is 2. The minimum atomic E-state index is -0.507. The van der Waals surface area contributed by atoms with Gasteiger partial charge in [-0.25, -0.2) is 0 Å². The number of hydrogen-bond acceptors (Lipinski definition) is 3. The lowest BCUT2D eigenvalue weighted by Gasteiger charge is -2.34. The zero-order valence-electron chi connectivity index (χ0n) is 9.89. The van der Waals surface area contributed by atoms with Gasteiger partial charge in [-0.05, 0) is 63.2 Å². The van der Waals surface area contributed by atoms with Crippen molar-refractivity contribution in [1.29, 1.82) is 0 Å². The lowest BCUT2D eigenvalue weighted by Crippen LogP contribution is -2.34. The molecule has 0 bridgehead atoms. The summed E-state index contributed by atoms with van der Waals surface area (Å²) in [5.74, 6) is 1.31. The highest BCUT2D eigenvalue weighted by Crippen LogP contribution is 2.35. The van der Waals surface area contributed by atoms with Gasteiger partial charge < -0.3 is 15.3 Å². The van der Waals surface area contributed by atoms with Crippen LogP contribution in [0.2, 0.25) is 0 Å². The molecular formula is C13H24O3. The first kappa shape index (κ1) is 12.3. The second-order valence-corrected chi connectivity index (χ2v) is 5.72. The van der Waals surface area contributed by atoms with E-state index in [1.165, 1.54) is 6.42 Å². The summed E-state index contributed by atoms with van der Waals surface area (Å²) in [6.45, 7) is 0. The van der Waals surface area contributed by atoms with Crippen LogP contribution in [0.3, 0.4) is 0 Å². The van der Waals surface area contributed by atoms with Crippen LogP contribution in [0, 0.1) is 11.8 Å². The van der Waals surface area contributed by atoms with Crippen LogP contribution >= 0.6 is 0 Å². The van der Waals surface area contributed by atoms with Crippen LogP contribution in [-0.2, 0) is 0 Å². The largest absolute Gasteiger partial charge is 0.393 e. The zero-order chi connectivity index (χ0) is 11.5. The molecule has 2 aliphatic rings. The van der Waals surface area contributed by atoms with Crippen molar-refractivity contribution in [3.8, 4) is 0 Å². The molecule has 3 heteroatoms. The molecule has 2 fully saturated rings. The van der Waals surface area contributed by atoms with E-state index in [2.05, 4.69) is 0 Å². The summed E-state index contributed by atoms with van der Waals surface area (Å²) in [5, 5.41) is 28.5. The summed E-state index contributed by atoms with van der Waals surface area (Å²) >= 11 is 0. The molecule has 94 valence electrons. The molecule has 0 amide bonds. The predicted octanol–water partition coefficient (Wildman–Crippen LogP) is 1.45. The normalized spacial score (nSPS) is 45.6. The van der Waals surface area contributed by atoms with Crippen LogP contribution in [0.15, 0.2) is 0 Å². The van der Waals surface area contributed by atoms with Gasteiger partial charge in [0.25, 0.3) is 0 Å². The highest BCUT2D eigenvalue weighted by molar-refractivity contribution is 4.82. The molecule has 2 rings (SSSR count). The maximum atomic E-state index is 9.63. The predicted molar refractivity (Wildman–Crippen MR) is 61.9 cm³/mol. The minimum absolute atomic E-state index is 0.0741. The summed E-state index contributed by atoms with van der Waals surface area (Å²) in [7, 11) is 0. The molecule has 0 aromatic carbocycles. The van der Waals surface area contributed by atoms with Gasteiger partial charge in [-0.1, -0.05) is 0 Å². The Balaban J connectivity index is 1.73. The van der Waals surface area contributed by atoms with Crippen molar-refractivity contribution in [2.75, 3.05) is 0 Å². The molecule has 2 saturated carbocycles. The molecule has 0 spiro atoms. The third-order valence-corrected chi connectivity index (χ3v) is 4.37. The smallest absolute Gasteiger partial charge is 0.0801 e. The Bertz CT molecular complexity index is 211. The van der Waals surface area contributed by atoms with E-state index >= 15 is 0 Å². The average Bonchev–Trinajstić information content (AvgIpc) is 2.27. The van der Waals surface area contributed by atoms with E-state index in [0.717, 1.165) is 50.9 Å². The van der Waals surface area contributed by atoms with Gasteiger partial charge in [-0.2, -0.15) is 0 Å². The molecule has 0 heterocycles. The van der Waals surface area contributed by atoms with Crippen molar-refractivity contribution in [3.63, 3.8) is 0 Å². The second-order valence-electron chi connectivity index (χ2n) is 5.72. The molecule has 3 nitrogen and oxygen atoms in total. The van der Waals surface area contributed by atoms with Gasteiger partial charge in [0.15, 0.2) is 0 Å². The Labute approximate surface area is 97.5 Å². The topological polar surface area (TPSA) is 60.7 Å². The summed E-state index contributed by atoms with van der Waals surface area (Å²) in [6.07, 6.45) is 6.83. The fourth-order valence-electron chi connectivity index (χ4n) is 3.28. The van der Waals surface area contributed by atoms with Gasteiger partial charge in [0.1, 0.15) is 0 Å². The van der Waals surface area contributed by atoms with Gasteiger partial charge in [0.05, 0.1) is 18.3 Å². The molecule has 3 unspecified atom stereocenters. The minimum Gasteiger partial charge on any atom is -0.393 e. The Morgan fingerprint density at radius 3 is 1.94 bits per heavy atom. The molecular weight excluding hydrogens is 204 g/mol. The molecule has 2 aliphatic carbocycles. The Morgan fingerprint density at radius 1 is 0.688 bits per heavy atom. The van der Waals surface area contributed by atoms with Crippen LogP contribution in [0.4, 0.5) is 0 Å². The highest BCUT2D eigenvalue weighted by Gasteiger charge is 2.30. The van der Waals surface area contributed by atoms with Gasteiger partial charge >= 0.3 is 0 Å². The lowest BCUT2D eigenvalue weighted by atomic mass is 9.76. The van der Waals surface area contributed by atoms with Crippen LogP contribution in [0.25, 0.3) is 0 Å². The third-order valence-electron chi connectivity index (χ3n) is 4.37. The van der Waals surface area contributed by atoms with E-state index in [1.807, 2.05) is 0 Å². The fourth-order valence-corrected chi connectivity index (χ4v) is 3.28. The van der Waals surface area contributed by atoms with Crippen LogP contribution in [0.1, 0.15) is 51.4 Å². The van der Waals surface area contributed by atoms with E-state index in [9.17, 15) is 15.3 Å². The number of hydrogen-bond donors (Lipinski definition) is 3. The van der Waals surface area contributed by atoms with Crippen molar-refractivity contribution >= 4 is 0 Å². The zero-order valence-corrected chi connectivity index (χ0v) is 9.89. The maximum Gasteiger partial charge on any atom is 0.0801 e. The molecule has 16 heavy (non-hydrogen) atoms. The van der Waals surface area contributed by atoms with E-state index in [-0.39, 0.29) is 6.10 Å². The Kier molecular flexibility index (Phi) is 4.22. The van der Waals surface area contributed by atoms with Gasteiger partial charge in [-0.3, -0.25) is 0 Å². The van der Waals surface area contributed by atoms with Gasteiger partial charge in [0, 0.05) is 0 Å². The SMILES string of the molecule is OC1CCC(CC2CCC(O)C(O)C2)CC1. The molecule has 0 aromatic heterocycles. The Morgan fingerprint density at radius 2 is 1.31 bits per heavy atom. The third kappa shape index (κ3) is 3.19. The van der Waals surface area contributed by atoms with Crippen molar-refractivity contribution in [1.82, 2.24) is 0 Å². The van der Waals surface area contributed by atoms with Crippen molar-refractivity contribution in [2.24, 2.45) is 11.8 Å². The van der Waals surface area contributed by atoms with Crippen LogP contribution in [0.5, 0.6) is 0 Å². The van der Waals surface area contributed by atoms with Crippen LogP contribution < -0.4 is 0 Å². The van der Waals surface area contributed by atoms with E-state index in [1.54, 1.807) is 0 Å². The van der Waals surface area contributed by atoms with Crippen molar-refractivity contribution < 1.29 is 15.3 Å². The summed E-state index contributed by atoms with van der Waals surface area (Å²) in [5.41, 5.74) is 0. The van der Waals surface area contributed by atoms with Crippen molar-refractivity contribution in [3.05, 3.63) is 0 Å². The van der Waals surface area contributed by atoms with Gasteiger partial charge in [0.2, 0.25) is 0 Å². The quantitative estimate of drug-likeness (QED) is 0.670. The second kappa shape index (κ2) is 5.48. The molecule has 3 atom stereocenters. The van der Waals surface area contributed by atoms with Crippen LogP contribution in [-0.4, -0.2) is 33.6 Å². The number of aliphatic hydroxyl groups excluding tert-OH is 3. The fraction of sp³-hybridized carbons (Fsp3) is 1.00. The van der Waals surface area contributed by atoms with Crippen molar-refractivity contribution in [2.45, 2.75) is 69.7 Å². The molecule has 0 radical (unpaired) electrons. The summed E-state index contributed by atoms with van der Waals surface area (Å²) in [4.78, 5) is 0. The monoisotopic (exact) mass is 228 g/mol. The average molecular weight is 228 g/mol. The summed E-state index contributed by atoms with van der Waals surface area (Å²) in [6, 6.07) is 0. The van der Waals surface area contributed by atoms with E-state index < -0.39 is 12.2 Å². The summed E-state index contributed by atoms with van der Waals surface area (Å²) < 4.78 is 0. The molecule has 0 aromatic rings. The first-order chi connectivity index (χ1) is 7.65. The molecule has 3 N–H and O–H groups in total. The molecule has 0 aliphatic heterocycles. The lowest BCUT2D eigenvalue weighted by molar-refractivity contribution is -0.0303. The number of aliphatic hydroxyl groups is 3. The van der Waals surface area contributed by atoms with E-state index in [0.29, 0.717) is 5.92 Å². The highest BCUT2D eigenvalue weighted by atomic mass is 16.3. The first-order valence-electron chi connectivity index (χ1n) is 6.69. The Hall–Kier alpha value is -0.120. The van der Waals surface area contributed by atoms with E-state index in [4.69, 9.17) is 0 Å². The van der Waals surface area contributed by atoms with Gasteiger partial charge in [-0.15, -0.1) is 0 Å². The standard InChI is InChI=1S/C13H24O3/c14-11-4-1-9(2-5-11)7-10-3-6-12(15)13(16)8-10/h9-16H,1-8H2. The molecule has 0 saturated heterocycles.